The van der Waals surface area contributed by atoms with Crippen LogP contribution in [0.5, 0.6) is 5.88 Å². The van der Waals surface area contributed by atoms with Gasteiger partial charge in [-0.3, -0.25) is 0 Å². The number of aromatic nitrogens is 1. The summed E-state index contributed by atoms with van der Waals surface area (Å²) in [4.78, 5) is 15.1. The van der Waals surface area contributed by atoms with Gasteiger partial charge in [-0.15, -0.1) is 0 Å². The number of carbonyl (C=O) groups is 1. The summed E-state index contributed by atoms with van der Waals surface area (Å²) in [5.41, 5.74) is -0.261. The maximum Gasteiger partial charge on any atom is 0.341 e. The summed E-state index contributed by atoms with van der Waals surface area (Å²) in [5.74, 6) is -3.14. The van der Waals surface area contributed by atoms with Crippen LogP contribution in [0.3, 0.4) is 0 Å². The quantitative estimate of drug-likeness (QED) is 0.857. The first-order valence-corrected chi connectivity index (χ1v) is 6.59. The molecule has 2 aromatic rings. The highest BCUT2D eigenvalue weighted by Gasteiger charge is 2.19. The Balaban J connectivity index is 2.71. The van der Waals surface area contributed by atoms with E-state index in [4.69, 9.17) is 9.84 Å². The Morgan fingerprint density at radius 3 is 2.75 bits per heavy atom. The second-order valence-electron chi connectivity index (χ2n) is 4.05. The van der Waals surface area contributed by atoms with Gasteiger partial charge in [-0.2, -0.15) is 0 Å². The van der Waals surface area contributed by atoms with Crippen LogP contribution in [0.1, 0.15) is 23.7 Å². The summed E-state index contributed by atoms with van der Waals surface area (Å²) in [6, 6.07) is 2.11. The molecule has 106 valence electrons. The average Bonchev–Trinajstić information content (AvgIpc) is 2.41. The summed E-state index contributed by atoms with van der Waals surface area (Å²) in [6.07, 6.45) is 0.655. The van der Waals surface area contributed by atoms with E-state index >= 15 is 0 Å². The number of ether oxygens (including phenoxy) is 1. The molecule has 0 aliphatic heterocycles. The first-order chi connectivity index (χ1) is 9.45. The highest BCUT2D eigenvalue weighted by molar-refractivity contribution is 9.10. The van der Waals surface area contributed by atoms with Gasteiger partial charge in [0.15, 0.2) is 0 Å². The van der Waals surface area contributed by atoms with Gasteiger partial charge in [-0.25, -0.2) is 18.6 Å². The number of fused-ring (bicyclic) bond motifs is 1. The minimum Gasteiger partial charge on any atom is -0.477 e. The summed E-state index contributed by atoms with van der Waals surface area (Å²) in [7, 11) is 0. The molecule has 0 fully saturated rings. The molecule has 1 aromatic heterocycles. The second-order valence-corrected chi connectivity index (χ2v) is 4.84. The highest BCUT2D eigenvalue weighted by Crippen LogP contribution is 2.30. The van der Waals surface area contributed by atoms with Gasteiger partial charge in [-0.05, 0) is 28.4 Å². The maximum absolute atomic E-state index is 13.9. The number of hydrogen-bond donors (Lipinski definition) is 1. The number of rotatable bonds is 4. The van der Waals surface area contributed by atoms with Crippen LogP contribution in [0, 0.1) is 11.6 Å². The summed E-state index contributed by atoms with van der Waals surface area (Å²) >= 11 is 2.77. The molecule has 0 spiro atoms. The largest absolute Gasteiger partial charge is 0.477 e. The van der Waals surface area contributed by atoms with Crippen molar-refractivity contribution >= 4 is 32.8 Å². The Morgan fingerprint density at radius 1 is 1.45 bits per heavy atom. The SMILES string of the molecule is CCCOc1nc2cc(F)c(Br)c(F)c2cc1C(=O)O. The lowest BCUT2D eigenvalue weighted by atomic mass is 10.1. The monoisotopic (exact) mass is 345 g/mol. The molecule has 0 bridgehead atoms. The predicted octanol–water partition coefficient (Wildman–Crippen LogP) is 3.76. The van der Waals surface area contributed by atoms with Crippen LogP contribution in [0.15, 0.2) is 16.6 Å². The number of benzene rings is 1. The fourth-order valence-corrected chi connectivity index (χ4v) is 1.99. The van der Waals surface area contributed by atoms with Gasteiger partial charge in [0.2, 0.25) is 5.88 Å². The fraction of sp³-hybridized carbons (Fsp3) is 0.231. The van der Waals surface area contributed by atoms with Gasteiger partial charge >= 0.3 is 5.97 Å². The molecule has 20 heavy (non-hydrogen) atoms. The number of carboxylic acids is 1. The van der Waals surface area contributed by atoms with E-state index in [9.17, 15) is 13.6 Å². The first kappa shape index (κ1) is 14.6. The van der Waals surface area contributed by atoms with Gasteiger partial charge in [0.05, 0.1) is 16.6 Å². The van der Waals surface area contributed by atoms with Crippen LogP contribution >= 0.6 is 15.9 Å². The number of nitrogens with zero attached hydrogens (tertiary/aromatic N) is 1. The topological polar surface area (TPSA) is 59.4 Å². The highest BCUT2D eigenvalue weighted by atomic mass is 79.9. The van der Waals surface area contributed by atoms with Crippen molar-refractivity contribution in [1.29, 1.82) is 0 Å². The third-order valence-electron chi connectivity index (χ3n) is 2.59. The van der Waals surface area contributed by atoms with E-state index in [1.807, 2.05) is 6.92 Å². The smallest absolute Gasteiger partial charge is 0.341 e. The third-order valence-corrected chi connectivity index (χ3v) is 3.32. The number of carboxylic acid groups (broad SMARTS) is 1. The Hall–Kier alpha value is -1.76. The molecule has 0 amide bonds. The molecule has 1 aromatic carbocycles. The minimum absolute atomic E-state index is 0.000645. The van der Waals surface area contributed by atoms with Gasteiger partial charge in [0, 0.05) is 11.5 Å². The standard InChI is InChI=1S/C13H10BrF2NO3/c1-2-3-20-12-7(13(18)19)4-6-9(17-12)5-8(15)10(14)11(6)16/h4-5H,2-3H2,1H3,(H,18,19). The molecule has 4 nitrogen and oxygen atoms in total. The van der Waals surface area contributed by atoms with Crippen molar-refractivity contribution in [2.45, 2.75) is 13.3 Å². The maximum atomic E-state index is 13.9. The third kappa shape index (κ3) is 2.58. The van der Waals surface area contributed by atoms with E-state index in [1.165, 1.54) is 0 Å². The van der Waals surface area contributed by atoms with Crippen molar-refractivity contribution in [3.05, 3.63) is 33.8 Å². The van der Waals surface area contributed by atoms with Crippen molar-refractivity contribution < 1.29 is 23.4 Å². The molecule has 1 heterocycles. The van der Waals surface area contributed by atoms with E-state index in [-0.39, 0.29) is 33.4 Å². The lowest BCUT2D eigenvalue weighted by Crippen LogP contribution is -2.07. The van der Waals surface area contributed by atoms with Gasteiger partial charge in [0.25, 0.3) is 0 Å². The van der Waals surface area contributed by atoms with E-state index in [0.717, 1.165) is 12.1 Å². The second kappa shape index (κ2) is 5.70. The number of pyridine rings is 1. The Morgan fingerprint density at radius 2 is 2.15 bits per heavy atom. The molecule has 0 saturated heterocycles. The van der Waals surface area contributed by atoms with Crippen molar-refractivity contribution in [2.24, 2.45) is 0 Å². The van der Waals surface area contributed by atoms with Crippen molar-refractivity contribution in [2.75, 3.05) is 6.61 Å². The molecule has 0 atom stereocenters. The van der Waals surface area contributed by atoms with E-state index in [2.05, 4.69) is 20.9 Å². The number of hydrogen-bond acceptors (Lipinski definition) is 3. The normalized spacial score (nSPS) is 10.8. The summed E-state index contributed by atoms with van der Waals surface area (Å²) in [6.45, 7) is 2.11. The molecule has 1 N–H and O–H groups in total. The number of aromatic carboxylic acids is 1. The zero-order valence-corrected chi connectivity index (χ0v) is 12.0. The van der Waals surface area contributed by atoms with Gasteiger partial charge < -0.3 is 9.84 Å². The Labute approximate surface area is 121 Å². The lowest BCUT2D eigenvalue weighted by molar-refractivity contribution is 0.0691. The van der Waals surface area contributed by atoms with Crippen LogP contribution in [0.25, 0.3) is 10.9 Å². The van der Waals surface area contributed by atoms with Gasteiger partial charge in [0.1, 0.15) is 17.2 Å². The molecule has 0 radical (unpaired) electrons. The first-order valence-electron chi connectivity index (χ1n) is 5.80. The van der Waals surface area contributed by atoms with Gasteiger partial charge in [-0.1, -0.05) is 6.92 Å². The molecular weight excluding hydrogens is 336 g/mol. The van der Waals surface area contributed by atoms with Crippen molar-refractivity contribution in [1.82, 2.24) is 4.98 Å². The Kier molecular flexibility index (Phi) is 4.17. The van der Waals surface area contributed by atoms with Crippen LogP contribution in [0.4, 0.5) is 8.78 Å². The predicted molar refractivity (Wildman–Crippen MR) is 72.1 cm³/mol. The molecule has 2 rings (SSSR count). The molecule has 0 aliphatic carbocycles. The van der Waals surface area contributed by atoms with Crippen LogP contribution < -0.4 is 4.74 Å². The zero-order chi connectivity index (χ0) is 14.9. The molecule has 0 aliphatic rings. The number of halogens is 3. The fourth-order valence-electron chi connectivity index (χ4n) is 1.66. The Bertz CT molecular complexity index is 691. The molecule has 7 heteroatoms. The summed E-state index contributed by atoms with van der Waals surface area (Å²) < 4.78 is 32.3. The lowest BCUT2D eigenvalue weighted by Gasteiger charge is -2.10. The summed E-state index contributed by atoms with van der Waals surface area (Å²) in [5, 5.41) is 9.03. The van der Waals surface area contributed by atoms with Crippen molar-refractivity contribution in [3.63, 3.8) is 0 Å². The molecule has 0 saturated carbocycles. The van der Waals surface area contributed by atoms with E-state index < -0.39 is 17.6 Å². The molecule has 0 unspecified atom stereocenters. The van der Waals surface area contributed by atoms with Crippen LogP contribution in [-0.4, -0.2) is 22.7 Å². The van der Waals surface area contributed by atoms with Crippen LogP contribution in [0.2, 0.25) is 0 Å². The van der Waals surface area contributed by atoms with Crippen molar-refractivity contribution in [3.8, 4) is 5.88 Å². The zero-order valence-electron chi connectivity index (χ0n) is 10.4. The van der Waals surface area contributed by atoms with E-state index in [1.54, 1.807) is 0 Å². The molecular formula is C13H10BrF2NO3. The minimum atomic E-state index is -1.29. The average molecular weight is 346 g/mol. The van der Waals surface area contributed by atoms with Crippen LogP contribution in [-0.2, 0) is 0 Å². The van der Waals surface area contributed by atoms with E-state index in [0.29, 0.717) is 6.42 Å².